The minimum atomic E-state index is -1.19. The standard InChI is InChI=1S/C29H30FN5O3/c1-5-29(3,4)31-28(38)27(20-14-16-21(30)17-15-20)35(24-12-8-6-10-22(24)19(2)36)26(37)18-34-25-13-9-7-11-23(25)32-33-34/h6-17,27H,5,18H2,1-4H3,(H,31,38)/t27-/m1/s1. The minimum absolute atomic E-state index is 0.241. The van der Waals surface area contributed by atoms with E-state index in [1.165, 1.54) is 40.8 Å². The molecule has 0 unspecified atom stereocenters. The Bertz CT molecular complexity index is 1480. The lowest BCUT2D eigenvalue weighted by Crippen LogP contribution is -2.51. The van der Waals surface area contributed by atoms with Gasteiger partial charge in [0.1, 0.15) is 23.9 Å². The van der Waals surface area contributed by atoms with Crippen LogP contribution in [0, 0.1) is 5.82 Å². The highest BCUT2D eigenvalue weighted by molar-refractivity contribution is 6.08. The molecule has 0 spiro atoms. The molecule has 0 aliphatic rings. The number of fused-ring (bicyclic) bond motifs is 1. The molecular formula is C29H30FN5O3. The van der Waals surface area contributed by atoms with Crippen molar-refractivity contribution in [2.75, 3.05) is 4.90 Å². The molecule has 4 aromatic rings. The zero-order chi connectivity index (χ0) is 27.4. The van der Waals surface area contributed by atoms with E-state index in [2.05, 4.69) is 15.6 Å². The van der Waals surface area contributed by atoms with Crippen molar-refractivity contribution in [3.05, 3.63) is 89.7 Å². The number of para-hydroxylation sites is 2. The molecule has 0 aliphatic carbocycles. The summed E-state index contributed by atoms with van der Waals surface area (Å²) >= 11 is 0. The highest BCUT2D eigenvalue weighted by Crippen LogP contribution is 2.32. The highest BCUT2D eigenvalue weighted by Gasteiger charge is 2.36. The number of hydrogen-bond acceptors (Lipinski definition) is 5. The molecule has 9 heteroatoms. The topological polar surface area (TPSA) is 97.2 Å². The molecule has 1 aromatic heterocycles. The molecule has 38 heavy (non-hydrogen) atoms. The van der Waals surface area contributed by atoms with Gasteiger partial charge in [0.25, 0.3) is 0 Å². The number of carbonyl (C=O) groups excluding carboxylic acids is 3. The van der Waals surface area contributed by atoms with Crippen LogP contribution in [0.15, 0.2) is 72.8 Å². The Balaban J connectivity index is 1.88. The number of nitrogens with one attached hydrogen (secondary N) is 1. The first kappa shape index (κ1) is 26.7. The molecule has 0 aliphatic heterocycles. The number of benzene rings is 3. The van der Waals surface area contributed by atoms with Crippen LogP contribution in [0.25, 0.3) is 11.0 Å². The van der Waals surface area contributed by atoms with Gasteiger partial charge >= 0.3 is 0 Å². The number of aromatic nitrogens is 3. The molecule has 0 saturated carbocycles. The molecule has 4 rings (SSSR count). The zero-order valence-corrected chi connectivity index (χ0v) is 21.8. The predicted molar refractivity (Wildman–Crippen MR) is 143 cm³/mol. The van der Waals surface area contributed by atoms with Crippen molar-refractivity contribution in [1.82, 2.24) is 20.3 Å². The Hall–Kier alpha value is -4.40. The van der Waals surface area contributed by atoms with Gasteiger partial charge in [-0.05, 0) is 69.2 Å². The Kier molecular flexibility index (Phi) is 7.66. The summed E-state index contributed by atoms with van der Waals surface area (Å²) in [6.07, 6.45) is 0.637. The molecule has 196 valence electrons. The number of rotatable bonds is 9. The SMILES string of the molecule is CCC(C)(C)NC(=O)[C@@H](c1ccc(F)cc1)N(C(=O)Cn1nnc2ccccc21)c1ccccc1C(C)=O. The molecule has 3 aromatic carbocycles. The van der Waals surface area contributed by atoms with Gasteiger partial charge in [0.15, 0.2) is 5.78 Å². The maximum absolute atomic E-state index is 14.1. The number of halogens is 1. The quantitative estimate of drug-likeness (QED) is 0.321. The number of amides is 2. The maximum atomic E-state index is 14.1. The largest absolute Gasteiger partial charge is 0.349 e. The fourth-order valence-electron chi connectivity index (χ4n) is 4.19. The highest BCUT2D eigenvalue weighted by atomic mass is 19.1. The lowest BCUT2D eigenvalue weighted by Gasteiger charge is -2.35. The number of hydrogen-bond donors (Lipinski definition) is 1. The van der Waals surface area contributed by atoms with Crippen molar-refractivity contribution in [2.24, 2.45) is 0 Å². The first-order valence-electron chi connectivity index (χ1n) is 12.4. The van der Waals surface area contributed by atoms with E-state index in [1.807, 2.05) is 32.9 Å². The first-order chi connectivity index (χ1) is 18.1. The summed E-state index contributed by atoms with van der Waals surface area (Å²) in [4.78, 5) is 41.9. The Morgan fingerprint density at radius 3 is 2.34 bits per heavy atom. The number of carbonyl (C=O) groups is 3. The number of nitrogens with zero attached hydrogens (tertiary/aromatic N) is 4. The van der Waals surface area contributed by atoms with E-state index < -0.39 is 29.2 Å². The zero-order valence-electron chi connectivity index (χ0n) is 21.8. The molecule has 0 radical (unpaired) electrons. The average molecular weight is 516 g/mol. The smallest absolute Gasteiger partial charge is 0.249 e. The molecule has 0 saturated heterocycles. The van der Waals surface area contributed by atoms with E-state index in [0.717, 1.165) is 0 Å². The van der Waals surface area contributed by atoms with Crippen molar-refractivity contribution in [3.63, 3.8) is 0 Å². The minimum Gasteiger partial charge on any atom is -0.349 e. The van der Waals surface area contributed by atoms with Gasteiger partial charge in [-0.2, -0.15) is 0 Å². The van der Waals surface area contributed by atoms with E-state index in [-0.39, 0.29) is 23.6 Å². The number of Topliss-reactive ketones (excluding diaryl/α,β-unsaturated/α-hetero) is 1. The second kappa shape index (κ2) is 10.9. The van der Waals surface area contributed by atoms with E-state index >= 15 is 0 Å². The van der Waals surface area contributed by atoms with Gasteiger partial charge in [-0.1, -0.05) is 48.5 Å². The fraction of sp³-hybridized carbons (Fsp3) is 0.276. The van der Waals surface area contributed by atoms with E-state index in [9.17, 15) is 18.8 Å². The molecule has 1 atom stereocenters. The van der Waals surface area contributed by atoms with Crippen LogP contribution in [0.1, 0.15) is 56.1 Å². The van der Waals surface area contributed by atoms with Crippen molar-refractivity contribution in [1.29, 1.82) is 0 Å². The van der Waals surface area contributed by atoms with Gasteiger partial charge in [0.2, 0.25) is 11.8 Å². The summed E-state index contributed by atoms with van der Waals surface area (Å²) in [5, 5.41) is 11.3. The summed E-state index contributed by atoms with van der Waals surface area (Å²) in [7, 11) is 0. The third-order valence-electron chi connectivity index (χ3n) is 6.55. The lowest BCUT2D eigenvalue weighted by atomic mass is 9.97. The Morgan fingerprint density at radius 1 is 1.00 bits per heavy atom. The van der Waals surface area contributed by atoms with Gasteiger partial charge in [0.05, 0.1) is 11.2 Å². The first-order valence-corrected chi connectivity index (χ1v) is 12.4. The number of anilines is 1. The van der Waals surface area contributed by atoms with Crippen LogP contribution in [0.5, 0.6) is 0 Å². The molecular weight excluding hydrogens is 485 g/mol. The summed E-state index contributed by atoms with van der Waals surface area (Å²) in [5.41, 5.74) is 1.63. The molecule has 0 bridgehead atoms. The van der Waals surface area contributed by atoms with Gasteiger partial charge in [-0.3, -0.25) is 19.3 Å². The van der Waals surface area contributed by atoms with Gasteiger partial charge in [-0.15, -0.1) is 5.10 Å². The van der Waals surface area contributed by atoms with E-state index in [1.54, 1.807) is 36.4 Å². The van der Waals surface area contributed by atoms with Crippen LogP contribution >= 0.6 is 0 Å². The summed E-state index contributed by atoms with van der Waals surface area (Å²) in [5.74, 6) is -1.69. The third-order valence-corrected chi connectivity index (χ3v) is 6.55. The van der Waals surface area contributed by atoms with E-state index in [4.69, 9.17) is 0 Å². The fourth-order valence-corrected chi connectivity index (χ4v) is 4.19. The van der Waals surface area contributed by atoms with Crippen LogP contribution in [0.3, 0.4) is 0 Å². The Morgan fingerprint density at radius 2 is 1.66 bits per heavy atom. The van der Waals surface area contributed by atoms with Crippen molar-refractivity contribution in [2.45, 2.75) is 52.2 Å². The molecule has 2 amide bonds. The van der Waals surface area contributed by atoms with Crippen molar-refractivity contribution >= 4 is 34.3 Å². The normalized spacial score (nSPS) is 12.2. The van der Waals surface area contributed by atoms with E-state index in [0.29, 0.717) is 23.0 Å². The lowest BCUT2D eigenvalue weighted by molar-refractivity contribution is -0.128. The van der Waals surface area contributed by atoms with Crippen LogP contribution in [-0.4, -0.2) is 38.1 Å². The van der Waals surface area contributed by atoms with Crippen LogP contribution in [0.4, 0.5) is 10.1 Å². The van der Waals surface area contributed by atoms with Crippen molar-refractivity contribution in [3.8, 4) is 0 Å². The predicted octanol–water partition coefficient (Wildman–Crippen LogP) is 4.85. The second-order valence-corrected chi connectivity index (χ2v) is 9.75. The van der Waals surface area contributed by atoms with Gasteiger partial charge in [0, 0.05) is 11.1 Å². The summed E-state index contributed by atoms with van der Waals surface area (Å²) < 4.78 is 15.3. The van der Waals surface area contributed by atoms with Gasteiger partial charge in [-0.25, -0.2) is 9.07 Å². The summed E-state index contributed by atoms with van der Waals surface area (Å²) in [6.45, 7) is 6.86. The second-order valence-electron chi connectivity index (χ2n) is 9.75. The molecule has 1 heterocycles. The monoisotopic (exact) mass is 515 g/mol. The van der Waals surface area contributed by atoms with Crippen LogP contribution < -0.4 is 10.2 Å². The number of ketones is 1. The van der Waals surface area contributed by atoms with Crippen LogP contribution in [0.2, 0.25) is 0 Å². The summed E-state index contributed by atoms with van der Waals surface area (Å²) in [6, 6.07) is 18.1. The Labute approximate surface area is 220 Å². The van der Waals surface area contributed by atoms with Crippen LogP contribution in [-0.2, 0) is 16.1 Å². The molecule has 1 N–H and O–H groups in total. The molecule has 8 nitrogen and oxygen atoms in total. The average Bonchev–Trinajstić information content (AvgIpc) is 3.30. The van der Waals surface area contributed by atoms with Crippen molar-refractivity contribution < 1.29 is 18.8 Å². The van der Waals surface area contributed by atoms with Gasteiger partial charge < -0.3 is 5.32 Å². The molecule has 0 fully saturated rings. The third kappa shape index (κ3) is 5.61. The maximum Gasteiger partial charge on any atom is 0.249 e.